The predicted octanol–water partition coefficient (Wildman–Crippen LogP) is 1.24. The molecule has 11 heteroatoms. The van der Waals surface area contributed by atoms with Gasteiger partial charge in [0.15, 0.2) is 6.61 Å². The molecule has 33 heavy (non-hydrogen) atoms. The monoisotopic (exact) mass is 457 g/mol. The fourth-order valence-corrected chi connectivity index (χ4v) is 2.56. The van der Waals surface area contributed by atoms with E-state index < -0.39 is 43.0 Å². The summed E-state index contributed by atoms with van der Waals surface area (Å²) < 4.78 is 14.0. The summed E-state index contributed by atoms with van der Waals surface area (Å²) in [5.74, 6) is -3.01. The second-order valence-corrected chi connectivity index (χ2v) is 6.51. The van der Waals surface area contributed by atoms with Crippen molar-refractivity contribution in [3.05, 3.63) is 65.2 Å². The third kappa shape index (κ3) is 8.32. The highest BCUT2D eigenvalue weighted by atomic mass is 16.5. The van der Waals surface area contributed by atoms with E-state index in [2.05, 4.69) is 25.4 Å². The number of benzene rings is 2. The summed E-state index contributed by atoms with van der Waals surface area (Å²) in [6.45, 7) is -0.817. The zero-order valence-electron chi connectivity index (χ0n) is 18.0. The number of carbonyl (C=O) groups is 5. The normalized spacial score (nSPS) is 9.88. The number of urea groups is 1. The Kier molecular flexibility index (Phi) is 9.37. The summed E-state index contributed by atoms with van der Waals surface area (Å²) >= 11 is 0. The maximum absolute atomic E-state index is 12.1. The van der Waals surface area contributed by atoms with Crippen LogP contribution in [0.1, 0.15) is 26.3 Å². The summed E-state index contributed by atoms with van der Waals surface area (Å²) in [4.78, 5) is 59.2. The van der Waals surface area contributed by atoms with E-state index in [-0.39, 0.29) is 23.4 Å². The molecule has 11 nitrogen and oxygen atoms in total. The Morgan fingerprint density at radius 2 is 1.42 bits per heavy atom. The molecule has 2 aromatic carbocycles. The first kappa shape index (κ1) is 24.9. The van der Waals surface area contributed by atoms with Gasteiger partial charge in [-0.2, -0.15) is 0 Å². The SMILES string of the molecule is COC(=O)c1cc(NC(=O)COC(=O)CNC(=O)NCc2ccccc2)cc(C(=O)OC)c1. The number of carbonyl (C=O) groups excluding carboxylic acids is 5. The van der Waals surface area contributed by atoms with Crippen LogP contribution >= 0.6 is 0 Å². The van der Waals surface area contributed by atoms with E-state index in [1.165, 1.54) is 32.4 Å². The highest BCUT2D eigenvalue weighted by Gasteiger charge is 2.16. The van der Waals surface area contributed by atoms with E-state index in [0.29, 0.717) is 0 Å². The van der Waals surface area contributed by atoms with Crippen molar-refractivity contribution in [2.75, 3.05) is 32.7 Å². The number of hydrogen-bond acceptors (Lipinski definition) is 8. The molecule has 0 unspecified atom stereocenters. The highest BCUT2D eigenvalue weighted by molar-refractivity contribution is 6.00. The van der Waals surface area contributed by atoms with Gasteiger partial charge in [0.05, 0.1) is 25.3 Å². The Morgan fingerprint density at radius 1 is 0.818 bits per heavy atom. The summed E-state index contributed by atoms with van der Waals surface area (Å²) in [5.41, 5.74) is 1.01. The lowest BCUT2D eigenvalue weighted by atomic mass is 10.1. The summed E-state index contributed by atoms with van der Waals surface area (Å²) in [6.07, 6.45) is 0. The zero-order valence-corrected chi connectivity index (χ0v) is 18.0. The number of ether oxygens (including phenoxy) is 3. The zero-order chi connectivity index (χ0) is 24.2. The molecule has 0 saturated heterocycles. The van der Waals surface area contributed by atoms with Crippen molar-refractivity contribution in [2.24, 2.45) is 0 Å². The average Bonchev–Trinajstić information content (AvgIpc) is 2.84. The fraction of sp³-hybridized carbons (Fsp3) is 0.227. The molecule has 2 rings (SSSR count). The van der Waals surface area contributed by atoms with Crippen molar-refractivity contribution in [2.45, 2.75) is 6.54 Å². The number of hydrogen-bond donors (Lipinski definition) is 3. The van der Waals surface area contributed by atoms with Crippen LogP contribution in [0, 0.1) is 0 Å². The maximum atomic E-state index is 12.1. The lowest BCUT2D eigenvalue weighted by Crippen LogP contribution is -2.39. The number of rotatable bonds is 9. The van der Waals surface area contributed by atoms with Crippen molar-refractivity contribution in [1.82, 2.24) is 10.6 Å². The topological polar surface area (TPSA) is 149 Å². The minimum absolute atomic E-state index is 0.0124. The first-order valence-corrected chi connectivity index (χ1v) is 9.65. The molecule has 0 heterocycles. The minimum atomic E-state index is -0.835. The molecule has 0 atom stereocenters. The summed E-state index contributed by atoms with van der Waals surface area (Å²) in [7, 11) is 2.33. The van der Waals surface area contributed by atoms with Crippen LogP contribution in [0.25, 0.3) is 0 Å². The van der Waals surface area contributed by atoms with Gasteiger partial charge >= 0.3 is 23.9 Å². The Bertz CT molecular complexity index is 989. The van der Waals surface area contributed by atoms with E-state index >= 15 is 0 Å². The summed E-state index contributed by atoms with van der Waals surface area (Å²) in [5, 5.41) is 7.31. The van der Waals surface area contributed by atoms with E-state index in [1.807, 2.05) is 30.3 Å². The molecule has 0 aliphatic rings. The molecule has 0 saturated carbocycles. The molecular weight excluding hydrogens is 434 g/mol. The van der Waals surface area contributed by atoms with Gasteiger partial charge in [-0.3, -0.25) is 9.59 Å². The van der Waals surface area contributed by atoms with E-state index in [4.69, 9.17) is 4.74 Å². The molecule has 3 N–H and O–H groups in total. The van der Waals surface area contributed by atoms with Gasteiger partial charge in [-0.25, -0.2) is 14.4 Å². The smallest absolute Gasteiger partial charge is 0.337 e. The quantitative estimate of drug-likeness (QED) is 0.376. The van der Waals surface area contributed by atoms with Gasteiger partial charge in [-0.1, -0.05) is 30.3 Å². The van der Waals surface area contributed by atoms with Crippen LogP contribution in [-0.2, 0) is 30.3 Å². The molecule has 0 aliphatic carbocycles. The number of methoxy groups -OCH3 is 2. The number of nitrogens with one attached hydrogen (secondary N) is 3. The molecule has 2 aromatic rings. The van der Waals surface area contributed by atoms with Crippen LogP contribution in [0.15, 0.2) is 48.5 Å². The Labute approximate surface area is 189 Å². The van der Waals surface area contributed by atoms with Crippen LogP contribution in [0.5, 0.6) is 0 Å². The summed E-state index contributed by atoms with van der Waals surface area (Å²) in [6, 6.07) is 12.4. The lowest BCUT2D eigenvalue weighted by Gasteiger charge is -2.10. The second kappa shape index (κ2) is 12.4. The van der Waals surface area contributed by atoms with E-state index in [0.717, 1.165) is 5.56 Å². The van der Waals surface area contributed by atoms with Crippen LogP contribution < -0.4 is 16.0 Å². The van der Waals surface area contributed by atoms with Gasteiger partial charge < -0.3 is 30.2 Å². The maximum Gasteiger partial charge on any atom is 0.337 e. The molecule has 0 aliphatic heterocycles. The van der Waals surface area contributed by atoms with Gasteiger partial charge in [0, 0.05) is 12.2 Å². The third-order valence-corrected chi connectivity index (χ3v) is 4.11. The fourth-order valence-electron chi connectivity index (χ4n) is 2.56. The van der Waals surface area contributed by atoms with Gasteiger partial charge in [0.2, 0.25) is 0 Å². The molecule has 174 valence electrons. The van der Waals surface area contributed by atoms with Crippen molar-refractivity contribution >= 4 is 35.5 Å². The molecule has 3 amide bonds. The van der Waals surface area contributed by atoms with E-state index in [9.17, 15) is 24.0 Å². The Morgan fingerprint density at radius 3 is 2.00 bits per heavy atom. The number of anilines is 1. The molecule has 0 radical (unpaired) electrons. The lowest BCUT2D eigenvalue weighted by molar-refractivity contribution is -0.146. The van der Waals surface area contributed by atoms with E-state index in [1.54, 1.807) is 0 Å². The Balaban J connectivity index is 1.81. The average molecular weight is 457 g/mol. The largest absolute Gasteiger partial charge is 0.465 e. The Hall–Kier alpha value is -4.41. The standard InChI is InChI=1S/C22H23N3O8/c1-31-20(28)15-8-16(21(29)32-2)10-17(9-15)25-18(26)13-33-19(27)12-24-22(30)23-11-14-6-4-3-5-7-14/h3-10H,11-13H2,1-2H3,(H,25,26)(H2,23,24,30). The molecule has 0 aromatic heterocycles. The molecule has 0 spiro atoms. The molecule has 0 fully saturated rings. The van der Waals surface area contributed by atoms with Crippen LogP contribution in [0.3, 0.4) is 0 Å². The molecule has 0 bridgehead atoms. The first-order valence-electron chi connectivity index (χ1n) is 9.65. The number of esters is 3. The van der Waals surface area contributed by atoms with Crippen LogP contribution in [0.2, 0.25) is 0 Å². The second-order valence-electron chi connectivity index (χ2n) is 6.51. The third-order valence-electron chi connectivity index (χ3n) is 4.11. The van der Waals surface area contributed by atoms with Crippen molar-refractivity contribution in [1.29, 1.82) is 0 Å². The van der Waals surface area contributed by atoms with Crippen LogP contribution in [-0.4, -0.2) is 57.2 Å². The highest BCUT2D eigenvalue weighted by Crippen LogP contribution is 2.17. The number of amides is 3. The van der Waals surface area contributed by atoms with Gasteiger partial charge in [0.1, 0.15) is 6.54 Å². The van der Waals surface area contributed by atoms with Crippen molar-refractivity contribution in [3.63, 3.8) is 0 Å². The van der Waals surface area contributed by atoms with Crippen LogP contribution in [0.4, 0.5) is 10.5 Å². The van der Waals surface area contributed by atoms with Crippen molar-refractivity contribution < 1.29 is 38.2 Å². The minimum Gasteiger partial charge on any atom is -0.465 e. The first-order chi connectivity index (χ1) is 15.8. The van der Waals surface area contributed by atoms with Crippen molar-refractivity contribution in [3.8, 4) is 0 Å². The van der Waals surface area contributed by atoms with Gasteiger partial charge in [-0.05, 0) is 23.8 Å². The predicted molar refractivity (Wildman–Crippen MR) is 115 cm³/mol. The van der Waals surface area contributed by atoms with Gasteiger partial charge in [0.25, 0.3) is 5.91 Å². The van der Waals surface area contributed by atoms with Gasteiger partial charge in [-0.15, -0.1) is 0 Å². The molecular formula is C22H23N3O8.